The summed E-state index contributed by atoms with van der Waals surface area (Å²) in [6, 6.07) is 21.6. The summed E-state index contributed by atoms with van der Waals surface area (Å²) in [4.78, 5) is 15.2. The minimum atomic E-state index is -0.125. The van der Waals surface area contributed by atoms with E-state index in [9.17, 15) is 4.79 Å². The third kappa shape index (κ3) is 7.68. The summed E-state index contributed by atoms with van der Waals surface area (Å²) in [6.07, 6.45) is 7.81. The number of pyridine rings is 1. The van der Waals surface area contributed by atoms with Crippen molar-refractivity contribution in [2.24, 2.45) is 5.92 Å². The number of carbonyl (C=O) groups is 1. The Morgan fingerprint density at radius 3 is 2.33 bits per heavy atom. The summed E-state index contributed by atoms with van der Waals surface area (Å²) in [7, 11) is 0. The molecular formula is C36H42IrNO2-. The van der Waals surface area contributed by atoms with Crippen LogP contribution >= 0.6 is 0 Å². The molecule has 1 aliphatic rings. The van der Waals surface area contributed by atoms with Gasteiger partial charge >= 0.3 is 0 Å². The van der Waals surface area contributed by atoms with Crippen molar-refractivity contribution in [2.75, 3.05) is 0 Å². The standard InChI is InChI=1S/C31H34N.C5H8O2.Ir/c1-20-14-21(2)30-25(16-22-10-6-7-11-22)19-28(32-29(30)15-20)24-17-23-12-8-9-13-26(23)27(18-24)31(3,4)5;1-4(6)3-5(2)7;/h8-9,12-15,18-19,22H,6-7,10-11,16H2,1-5H3;3,6H,1-2H3;/q-1;;/b;4-3-;. The molecule has 0 bridgehead atoms. The van der Waals surface area contributed by atoms with E-state index in [0.29, 0.717) is 0 Å². The minimum Gasteiger partial charge on any atom is -0.512 e. The van der Waals surface area contributed by atoms with Crippen LogP contribution in [0.25, 0.3) is 32.9 Å². The average Bonchev–Trinajstić information content (AvgIpc) is 3.34. The largest absolute Gasteiger partial charge is 0.512 e. The van der Waals surface area contributed by atoms with E-state index in [2.05, 4.69) is 89.2 Å². The van der Waals surface area contributed by atoms with E-state index in [1.54, 1.807) is 0 Å². The smallest absolute Gasteiger partial charge is 0.155 e. The number of allylic oxidation sites excluding steroid dienone is 2. The minimum absolute atomic E-state index is 0. The van der Waals surface area contributed by atoms with Crippen LogP contribution in [-0.4, -0.2) is 15.9 Å². The summed E-state index contributed by atoms with van der Waals surface area (Å²) in [6.45, 7) is 14.2. The molecule has 1 fully saturated rings. The van der Waals surface area contributed by atoms with Crippen LogP contribution in [0.2, 0.25) is 0 Å². The number of nitrogens with zero attached hydrogens (tertiary/aromatic N) is 1. The Balaban J connectivity index is 0.000000492. The summed E-state index contributed by atoms with van der Waals surface area (Å²) >= 11 is 0. The molecule has 4 heteroatoms. The van der Waals surface area contributed by atoms with Gasteiger partial charge < -0.3 is 5.11 Å². The van der Waals surface area contributed by atoms with Crippen LogP contribution in [-0.2, 0) is 36.7 Å². The van der Waals surface area contributed by atoms with Crippen LogP contribution in [0.15, 0.2) is 60.4 Å². The van der Waals surface area contributed by atoms with E-state index in [0.717, 1.165) is 29.1 Å². The van der Waals surface area contributed by atoms with E-state index in [1.807, 2.05) is 0 Å². The zero-order chi connectivity index (χ0) is 28.3. The van der Waals surface area contributed by atoms with Crippen molar-refractivity contribution in [3.8, 4) is 11.3 Å². The third-order valence-corrected chi connectivity index (χ3v) is 7.59. The van der Waals surface area contributed by atoms with Gasteiger partial charge in [-0.15, -0.1) is 29.1 Å². The van der Waals surface area contributed by atoms with Crippen molar-refractivity contribution in [1.82, 2.24) is 4.98 Å². The number of aromatic nitrogens is 1. The van der Waals surface area contributed by atoms with Gasteiger partial charge in [-0.3, -0.25) is 9.78 Å². The summed E-state index contributed by atoms with van der Waals surface area (Å²) in [5.74, 6) is 0.743. The van der Waals surface area contributed by atoms with Crippen LogP contribution in [0.5, 0.6) is 0 Å². The molecule has 3 nitrogen and oxygen atoms in total. The van der Waals surface area contributed by atoms with Crippen LogP contribution in [0.1, 0.15) is 82.6 Å². The van der Waals surface area contributed by atoms with E-state index >= 15 is 0 Å². The molecule has 0 unspecified atom stereocenters. The Labute approximate surface area is 253 Å². The second-order valence-electron chi connectivity index (χ2n) is 12.3. The number of carbonyl (C=O) groups excluding carboxylic acids is 1. The van der Waals surface area contributed by atoms with Gasteiger partial charge in [-0.05, 0) is 68.2 Å². The van der Waals surface area contributed by atoms with Gasteiger partial charge in [0, 0.05) is 37.3 Å². The number of aryl methyl sites for hydroxylation is 2. The maximum atomic E-state index is 10.0. The van der Waals surface area contributed by atoms with Crippen molar-refractivity contribution in [1.29, 1.82) is 0 Å². The first kappa shape index (κ1) is 31.7. The SMILES string of the molecule is CC(=O)/C=C(/C)O.Cc1cc(C)c2c(CC3CCCC3)cc(-c3[c-]c4ccccc4c(C(C)(C)C)c3)nc2c1.[Ir]. The van der Waals surface area contributed by atoms with Crippen LogP contribution in [0.3, 0.4) is 0 Å². The van der Waals surface area contributed by atoms with E-state index < -0.39 is 0 Å². The molecule has 1 aromatic heterocycles. The van der Waals surface area contributed by atoms with Crippen LogP contribution in [0, 0.1) is 25.8 Å². The third-order valence-electron chi connectivity index (χ3n) is 7.59. The maximum Gasteiger partial charge on any atom is 0.155 e. The molecule has 213 valence electrons. The first-order chi connectivity index (χ1) is 18.4. The quantitative estimate of drug-likeness (QED) is 0.130. The van der Waals surface area contributed by atoms with Crippen LogP contribution in [0.4, 0.5) is 0 Å². The Bertz CT molecular complexity index is 1530. The van der Waals surface area contributed by atoms with Gasteiger partial charge in [0.05, 0.1) is 11.3 Å². The van der Waals surface area contributed by atoms with Gasteiger partial charge in [-0.25, -0.2) is 0 Å². The monoisotopic (exact) mass is 713 g/mol. The zero-order valence-electron chi connectivity index (χ0n) is 24.9. The van der Waals surface area contributed by atoms with Gasteiger partial charge in [-0.1, -0.05) is 87.7 Å². The molecule has 0 atom stereocenters. The number of aliphatic hydroxyl groups excluding tert-OH is 1. The predicted octanol–water partition coefficient (Wildman–Crippen LogP) is 9.54. The molecule has 1 heterocycles. The van der Waals surface area contributed by atoms with Gasteiger partial charge in [-0.2, -0.15) is 0 Å². The van der Waals surface area contributed by atoms with E-state index in [1.165, 1.54) is 84.0 Å². The summed E-state index contributed by atoms with van der Waals surface area (Å²) < 4.78 is 0. The number of aliphatic hydroxyl groups is 1. The fraction of sp³-hybridized carbons (Fsp3) is 0.389. The molecule has 0 saturated heterocycles. The maximum absolute atomic E-state index is 10.0. The van der Waals surface area contributed by atoms with Gasteiger partial charge in [0.1, 0.15) is 0 Å². The normalized spacial score (nSPS) is 14.1. The number of hydrogen-bond donors (Lipinski definition) is 1. The Morgan fingerprint density at radius 2 is 1.73 bits per heavy atom. The first-order valence-corrected chi connectivity index (χ1v) is 14.2. The van der Waals surface area contributed by atoms with Crippen molar-refractivity contribution in [3.63, 3.8) is 0 Å². The second kappa shape index (κ2) is 13.2. The predicted molar refractivity (Wildman–Crippen MR) is 164 cm³/mol. The topological polar surface area (TPSA) is 50.2 Å². The van der Waals surface area contributed by atoms with Crippen molar-refractivity contribution in [3.05, 3.63) is 88.7 Å². The number of hydrogen-bond acceptors (Lipinski definition) is 3. The van der Waals surface area contributed by atoms with E-state index in [-0.39, 0.29) is 37.1 Å². The van der Waals surface area contributed by atoms with Gasteiger partial charge in [0.25, 0.3) is 0 Å². The Morgan fingerprint density at radius 1 is 1.05 bits per heavy atom. The fourth-order valence-corrected chi connectivity index (χ4v) is 5.96. The molecule has 1 saturated carbocycles. The van der Waals surface area contributed by atoms with Crippen molar-refractivity contribution >= 4 is 27.5 Å². The number of benzene rings is 3. The molecule has 0 spiro atoms. The first-order valence-electron chi connectivity index (χ1n) is 14.2. The Kier molecular flexibility index (Phi) is 10.5. The van der Waals surface area contributed by atoms with Crippen LogP contribution < -0.4 is 0 Å². The summed E-state index contributed by atoms with van der Waals surface area (Å²) in [5, 5.41) is 12.2. The average molecular weight is 713 g/mol. The number of rotatable bonds is 4. The van der Waals surface area contributed by atoms with Crippen molar-refractivity contribution < 1.29 is 30.0 Å². The number of fused-ring (bicyclic) bond motifs is 2. The van der Waals surface area contributed by atoms with Crippen molar-refractivity contribution in [2.45, 2.75) is 86.0 Å². The molecule has 0 amide bonds. The molecule has 1 radical (unpaired) electrons. The molecule has 1 N–H and O–H groups in total. The fourth-order valence-electron chi connectivity index (χ4n) is 5.96. The molecular weight excluding hydrogens is 671 g/mol. The summed E-state index contributed by atoms with van der Waals surface area (Å²) in [5.41, 5.74) is 8.82. The molecule has 0 aliphatic heterocycles. The van der Waals surface area contributed by atoms with Gasteiger partial charge in [0.15, 0.2) is 5.78 Å². The number of ketones is 1. The molecule has 40 heavy (non-hydrogen) atoms. The molecule has 5 rings (SSSR count). The Hall–Kier alpha value is -2.81. The molecule has 1 aliphatic carbocycles. The second-order valence-corrected chi connectivity index (χ2v) is 12.3. The van der Waals surface area contributed by atoms with E-state index in [4.69, 9.17) is 10.1 Å². The molecule has 3 aromatic carbocycles. The molecule has 4 aromatic rings. The zero-order valence-corrected chi connectivity index (χ0v) is 27.3. The van der Waals surface area contributed by atoms with Gasteiger partial charge in [0.2, 0.25) is 0 Å².